The topological polar surface area (TPSA) is 35.5 Å². The normalized spacial score (nSPS) is 23.1. The van der Waals surface area contributed by atoms with Crippen LogP contribution >= 0.6 is 0 Å². The number of hydrogen-bond donors (Lipinski definition) is 0. The average Bonchev–Trinajstić information content (AvgIpc) is 2.44. The van der Waals surface area contributed by atoms with Gasteiger partial charge in [-0.25, -0.2) is 0 Å². The van der Waals surface area contributed by atoms with Crippen LogP contribution in [0, 0.1) is 0 Å². The van der Waals surface area contributed by atoms with Crippen molar-refractivity contribution >= 4 is 5.97 Å². The largest absolute Gasteiger partial charge is 0.431 e. The Kier molecular flexibility index (Phi) is 5.40. The van der Waals surface area contributed by atoms with Gasteiger partial charge in [-0.1, -0.05) is 62.9 Å². The summed E-state index contributed by atoms with van der Waals surface area (Å²) >= 11 is 0. The summed E-state index contributed by atoms with van der Waals surface area (Å²) in [6, 6.07) is 9.65. The van der Waals surface area contributed by atoms with Crippen LogP contribution in [-0.2, 0) is 14.3 Å². The Balaban J connectivity index is 1.87. The lowest BCUT2D eigenvalue weighted by Crippen LogP contribution is -2.30. The van der Waals surface area contributed by atoms with E-state index in [1.807, 2.05) is 30.3 Å². The van der Waals surface area contributed by atoms with E-state index < -0.39 is 6.29 Å². The van der Waals surface area contributed by atoms with Gasteiger partial charge < -0.3 is 9.47 Å². The maximum absolute atomic E-state index is 11.6. The van der Waals surface area contributed by atoms with Crippen molar-refractivity contribution in [1.29, 1.82) is 0 Å². The monoisotopic (exact) mass is 262 g/mol. The third-order valence-corrected chi connectivity index (χ3v) is 3.40. The summed E-state index contributed by atoms with van der Waals surface area (Å²) in [6.45, 7) is 2.19. The quantitative estimate of drug-likeness (QED) is 0.574. The molecule has 0 aliphatic carbocycles. The predicted molar refractivity (Wildman–Crippen MR) is 73.5 cm³/mol. The van der Waals surface area contributed by atoms with E-state index in [0.29, 0.717) is 6.42 Å². The number of benzene rings is 1. The Labute approximate surface area is 114 Å². The maximum Gasteiger partial charge on any atom is 0.311 e. The van der Waals surface area contributed by atoms with Gasteiger partial charge >= 0.3 is 5.97 Å². The van der Waals surface area contributed by atoms with Gasteiger partial charge in [0.05, 0.1) is 12.5 Å². The van der Waals surface area contributed by atoms with E-state index in [-0.39, 0.29) is 12.1 Å². The van der Waals surface area contributed by atoms with Crippen LogP contribution in [0.4, 0.5) is 0 Å². The molecule has 0 aromatic heterocycles. The predicted octanol–water partition coefficient (Wildman–Crippen LogP) is 3.99. The van der Waals surface area contributed by atoms with Gasteiger partial charge in [0, 0.05) is 5.56 Å². The highest BCUT2D eigenvalue weighted by Crippen LogP contribution is 2.29. The summed E-state index contributed by atoms with van der Waals surface area (Å²) in [7, 11) is 0. The molecule has 0 bridgehead atoms. The molecule has 104 valence electrons. The molecule has 0 saturated carbocycles. The highest BCUT2D eigenvalue weighted by molar-refractivity contribution is 5.70. The number of unbranched alkanes of at least 4 members (excludes halogenated alkanes) is 3. The van der Waals surface area contributed by atoms with Gasteiger partial charge in [0.15, 0.2) is 0 Å². The number of rotatable bonds is 6. The van der Waals surface area contributed by atoms with E-state index in [2.05, 4.69) is 6.92 Å². The molecule has 0 unspecified atom stereocenters. The standard InChI is InChI=1S/C16H22O3/c1-2-3-4-8-11-14-12-15(17)19-16(18-14)13-9-6-5-7-10-13/h5-7,9-10,14,16H,2-4,8,11-12H2,1H3/t14-,16-/m0/s1. The molecule has 1 aromatic rings. The summed E-state index contributed by atoms with van der Waals surface area (Å²) in [5, 5.41) is 0. The van der Waals surface area contributed by atoms with Crippen molar-refractivity contribution in [3.63, 3.8) is 0 Å². The average molecular weight is 262 g/mol. The van der Waals surface area contributed by atoms with E-state index in [4.69, 9.17) is 9.47 Å². The van der Waals surface area contributed by atoms with Crippen LogP contribution in [-0.4, -0.2) is 12.1 Å². The molecule has 0 N–H and O–H groups in total. The first-order chi connectivity index (χ1) is 9.29. The van der Waals surface area contributed by atoms with Crippen LogP contribution in [0.3, 0.4) is 0 Å². The second-order valence-electron chi connectivity index (χ2n) is 5.04. The molecule has 0 radical (unpaired) electrons. The molecule has 1 heterocycles. The van der Waals surface area contributed by atoms with E-state index in [1.165, 1.54) is 19.3 Å². The Morgan fingerprint density at radius 1 is 1.16 bits per heavy atom. The summed E-state index contributed by atoms with van der Waals surface area (Å²) in [4.78, 5) is 11.6. The van der Waals surface area contributed by atoms with E-state index in [1.54, 1.807) is 0 Å². The zero-order valence-electron chi connectivity index (χ0n) is 11.5. The molecule has 1 aliphatic rings. The molecule has 19 heavy (non-hydrogen) atoms. The van der Waals surface area contributed by atoms with E-state index in [9.17, 15) is 4.79 Å². The molecule has 3 heteroatoms. The molecule has 0 amide bonds. The fraction of sp³-hybridized carbons (Fsp3) is 0.562. The van der Waals surface area contributed by atoms with Crippen molar-refractivity contribution in [3.8, 4) is 0 Å². The lowest BCUT2D eigenvalue weighted by atomic mass is 10.1. The van der Waals surface area contributed by atoms with Crippen LogP contribution in [0.25, 0.3) is 0 Å². The lowest BCUT2D eigenvalue weighted by Gasteiger charge is -2.29. The van der Waals surface area contributed by atoms with E-state index >= 15 is 0 Å². The third kappa shape index (κ3) is 4.35. The van der Waals surface area contributed by atoms with Crippen molar-refractivity contribution < 1.29 is 14.3 Å². The van der Waals surface area contributed by atoms with Gasteiger partial charge in [-0.05, 0) is 6.42 Å². The van der Waals surface area contributed by atoms with Gasteiger partial charge in [0.25, 0.3) is 0 Å². The number of hydrogen-bond acceptors (Lipinski definition) is 3. The Morgan fingerprint density at radius 3 is 2.68 bits per heavy atom. The summed E-state index contributed by atoms with van der Waals surface area (Å²) in [5.41, 5.74) is 0.911. The molecule has 3 nitrogen and oxygen atoms in total. The molecule has 1 aliphatic heterocycles. The summed E-state index contributed by atoms with van der Waals surface area (Å²) in [6.07, 6.45) is 5.60. The highest BCUT2D eigenvalue weighted by Gasteiger charge is 2.29. The zero-order valence-corrected chi connectivity index (χ0v) is 11.5. The lowest BCUT2D eigenvalue weighted by molar-refractivity contribution is -0.219. The number of carbonyl (C=O) groups excluding carboxylic acids is 1. The van der Waals surface area contributed by atoms with Gasteiger partial charge in [0.2, 0.25) is 6.29 Å². The first kappa shape index (κ1) is 14.1. The summed E-state index contributed by atoms with van der Waals surface area (Å²) in [5.74, 6) is -0.152. The van der Waals surface area contributed by atoms with Crippen molar-refractivity contribution in [2.24, 2.45) is 0 Å². The molecule has 2 atom stereocenters. The Hall–Kier alpha value is -1.35. The molecular formula is C16H22O3. The number of ether oxygens (including phenoxy) is 2. The summed E-state index contributed by atoms with van der Waals surface area (Å²) < 4.78 is 11.1. The SMILES string of the molecule is CCCCCC[C@H]1CC(=O)O[C@@H](c2ccccc2)O1. The minimum absolute atomic E-state index is 0.00307. The van der Waals surface area contributed by atoms with Gasteiger partial charge in [0.1, 0.15) is 0 Å². The second-order valence-corrected chi connectivity index (χ2v) is 5.04. The highest BCUT2D eigenvalue weighted by atomic mass is 16.7. The smallest absolute Gasteiger partial charge is 0.311 e. The third-order valence-electron chi connectivity index (χ3n) is 3.40. The van der Waals surface area contributed by atoms with Crippen molar-refractivity contribution in [2.75, 3.05) is 0 Å². The van der Waals surface area contributed by atoms with Gasteiger partial charge in [-0.2, -0.15) is 0 Å². The molecule has 0 spiro atoms. The van der Waals surface area contributed by atoms with Crippen LogP contribution in [0.1, 0.15) is 57.3 Å². The van der Waals surface area contributed by atoms with Crippen LogP contribution in [0.15, 0.2) is 30.3 Å². The van der Waals surface area contributed by atoms with Gasteiger partial charge in [-0.15, -0.1) is 0 Å². The number of carbonyl (C=O) groups is 1. The van der Waals surface area contributed by atoms with Crippen molar-refractivity contribution in [2.45, 2.75) is 57.8 Å². The van der Waals surface area contributed by atoms with Crippen LogP contribution < -0.4 is 0 Å². The van der Waals surface area contributed by atoms with Crippen LogP contribution in [0.2, 0.25) is 0 Å². The fourth-order valence-electron chi connectivity index (χ4n) is 2.33. The minimum Gasteiger partial charge on any atom is -0.431 e. The first-order valence-corrected chi connectivity index (χ1v) is 7.19. The fourth-order valence-corrected chi connectivity index (χ4v) is 2.33. The van der Waals surface area contributed by atoms with Crippen LogP contribution in [0.5, 0.6) is 0 Å². The second kappa shape index (κ2) is 7.29. The first-order valence-electron chi connectivity index (χ1n) is 7.19. The number of esters is 1. The Morgan fingerprint density at radius 2 is 1.95 bits per heavy atom. The van der Waals surface area contributed by atoms with Crippen molar-refractivity contribution in [3.05, 3.63) is 35.9 Å². The van der Waals surface area contributed by atoms with E-state index in [0.717, 1.165) is 18.4 Å². The minimum atomic E-state index is -0.529. The molecular weight excluding hydrogens is 240 g/mol. The zero-order chi connectivity index (χ0) is 13.5. The molecule has 1 aromatic carbocycles. The van der Waals surface area contributed by atoms with Crippen molar-refractivity contribution in [1.82, 2.24) is 0 Å². The van der Waals surface area contributed by atoms with Gasteiger partial charge in [-0.3, -0.25) is 4.79 Å². The molecule has 1 fully saturated rings. The number of cyclic esters (lactones) is 1. The Bertz CT molecular complexity index is 388. The maximum atomic E-state index is 11.6. The molecule has 2 rings (SSSR count). The molecule has 1 saturated heterocycles.